The number of nitrogen functional groups attached to an aromatic ring is 1. The minimum Gasteiger partial charge on any atom is -0.398 e. The molecule has 0 aliphatic carbocycles. The number of hydrogen-bond acceptors (Lipinski definition) is 4. The van der Waals surface area contributed by atoms with E-state index >= 15 is 0 Å². The van der Waals surface area contributed by atoms with Crippen molar-refractivity contribution >= 4 is 23.4 Å². The zero-order valence-electron chi connectivity index (χ0n) is 10.7. The molecule has 0 heterocycles. The Morgan fingerprint density at radius 3 is 2.83 bits per heavy atom. The van der Waals surface area contributed by atoms with Gasteiger partial charge in [-0.3, -0.25) is 10.2 Å². The van der Waals surface area contributed by atoms with Crippen molar-refractivity contribution in [1.29, 1.82) is 0 Å². The Bertz CT molecular complexity index is 396. The lowest BCUT2D eigenvalue weighted by Crippen LogP contribution is -2.29. The highest BCUT2D eigenvalue weighted by atomic mass is 32.2. The maximum atomic E-state index is 10.9. The monoisotopic (exact) mass is 267 g/mol. The lowest BCUT2D eigenvalue weighted by atomic mass is 10.2. The van der Waals surface area contributed by atoms with Gasteiger partial charge in [0.15, 0.2) is 0 Å². The molecule has 1 aromatic rings. The van der Waals surface area contributed by atoms with E-state index < -0.39 is 0 Å². The van der Waals surface area contributed by atoms with Crippen molar-refractivity contribution < 1.29 is 4.79 Å². The molecule has 0 unspecified atom stereocenters. The molecule has 1 rings (SSSR count). The van der Waals surface area contributed by atoms with Crippen LogP contribution in [0.25, 0.3) is 0 Å². The third-order valence-electron chi connectivity index (χ3n) is 2.75. The summed E-state index contributed by atoms with van der Waals surface area (Å²) >= 11 is 1.78. The Labute approximate surface area is 112 Å². The number of benzene rings is 1. The van der Waals surface area contributed by atoms with E-state index in [0.717, 1.165) is 41.2 Å². The van der Waals surface area contributed by atoms with Gasteiger partial charge < -0.3 is 5.73 Å². The molecule has 100 valence electrons. The standard InChI is InChI=1S/C13H21N3OS/c1-10-6-5-7-11(13(10)14)18-9-4-2-3-8-12(17)16-15/h5-7H,2-4,8-9,14-15H2,1H3,(H,16,17). The smallest absolute Gasteiger partial charge is 0.233 e. The van der Waals surface area contributed by atoms with Crippen LogP contribution >= 0.6 is 11.8 Å². The fourth-order valence-electron chi connectivity index (χ4n) is 1.60. The average molecular weight is 267 g/mol. The first-order valence-electron chi connectivity index (χ1n) is 6.12. The van der Waals surface area contributed by atoms with Gasteiger partial charge in [0, 0.05) is 17.0 Å². The molecule has 5 N–H and O–H groups in total. The van der Waals surface area contributed by atoms with Crippen LogP contribution in [0.3, 0.4) is 0 Å². The van der Waals surface area contributed by atoms with Gasteiger partial charge in [-0.25, -0.2) is 5.84 Å². The summed E-state index contributed by atoms with van der Waals surface area (Å²) in [6.45, 7) is 2.02. The van der Waals surface area contributed by atoms with Crippen LogP contribution in [0.4, 0.5) is 5.69 Å². The van der Waals surface area contributed by atoms with Crippen LogP contribution in [0.1, 0.15) is 31.2 Å². The second-order valence-electron chi connectivity index (χ2n) is 4.21. The summed E-state index contributed by atoms with van der Waals surface area (Å²) < 4.78 is 0. The fourth-order valence-corrected chi connectivity index (χ4v) is 2.66. The van der Waals surface area contributed by atoms with Crippen LogP contribution in [-0.2, 0) is 4.79 Å². The number of hydrazine groups is 1. The largest absolute Gasteiger partial charge is 0.398 e. The van der Waals surface area contributed by atoms with E-state index in [1.165, 1.54) is 0 Å². The molecule has 1 aromatic carbocycles. The van der Waals surface area contributed by atoms with Crippen LogP contribution in [0.15, 0.2) is 23.1 Å². The molecule has 0 fully saturated rings. The summed E-state index contributed by atoms with van der Waals surface area (Å²) in [7, 11) is 0. The first-order chi connectivity index (χ1) is 8.65. The number of unbranched alkanes of at least 4 members (excludes halogenated alkanes) is 2. The first kappa shape index (κ1) is 14.9. The first-order valence-corrected chi connectivity index (χ1v) is 7.11. The molecular formula is C13H21N3OS. The van der Waals surface area contributed by atoms with Crippen LogP contribution < -0.4 is 17.0 Å². The normalized spacial score (nSPS) is 10.3. The van der Waals surface area contributed by atoms with Crippen molar-refractivity contribution in [2.24, 2.45) is 5.84 Å². The summed E-state index contributed by atoms with van der Waals surface area (Å²) in [6, 6.07) is 6.10. The van der Waals surface area contributed by atoms with Gasteiger partial charge in [0.2, 0.25) is 5.91 Å². The second-order valence-corrected chi connectivity index (χ2v) is 5.35. The van der Waals surface area contributed by atoms with E-state index in [9.17, 15) is 4.79 Å². The number of carbonyl (C=O) groups is 1. The Morgan fingerprint density at radius 2 is 2.11 bits per heavy atom. The molecule has 0 bridgehead atoms. The van der Waals surface area contributed by atoms with Crippen molar-refractivity contribution in [3.8, 4) is 0 Å². The topological polar surface area (TPSA) is 81.1 Å². The van der Waals surface area contributed by atoms with E-state index in [0.29, 0.717) is 6.42 Å². The van der Waals surface area contributed by atoms with Gasteiger partial charge in [-0.15, -0.1) is 11.8 Å². The van der Waals surface area contributed by atoms with Crippen molar-refractivity contribution in [3.05, 3.63) is 23.8 Å². The fraction of sp³-hybridized carbons (Fsp3) is 0.462. The lowest BCUT2D eigenvalue weighted by Gasteiger charge is -2.07. The Morgan fingerprint density at radius 1 is 1.33 bits per heavy atom. The van der Waals surface area contributed by atoms with Crippen molar-refractivity contribution in [2.75, 3.05) is 11.5 Å². The number of nitrogens with two attached hydrogens (primary N) is 2. The number of anilines is 1. The van der Waals surface area contributed by atoms with Gasteiger partial charge >= 0.3 is 0 Å². The molecule has 18 heavy (non-hydrogen) atoms. The third-order valence-corrected chi connectivity index (χ3v) is 3.91. The number of thioether (sulfide) groups is 1. The van der Waals surface area contributed by atoms with Gasteiger partial charge in [-0.2, -0.15) is 0 Å². The Hall–Kier alpha value is -1.20. The number of rotatable bonds is 7. The molecule has 0 aromatic heterocycles. The predicted octanol–water partition coefficient (Wildman–Crippen LogP) is 2.22. The number of nitrogens with one attached hydrogen (secondary N) is 1. The maximum absolute atomic E-state index is 10.9. The molecule has 5 heteroatoms. The molecule has 0 aliphatic rings. The van der Waals surface area contributed by atoms with E-state index in [1.54, 1.807) is 11.8 Å². The summed E-state index contributed by atoms with van der Waals surface area (Å²) in [5, 5.41) is 0. The lowest BCUT2D eigenvalue weighted by molar-refractivity contribution is -0.121. The highest BCUT2D eigenvalue weighted by Gasteiger charge is 2.02. The van der Waals surface area contributed by atoms with Gasteiger partial charge in [0.05, 0.1) is 0 Å². The number of carbonyl (C=O) groups excluding carboxylic acids is 1. The van der Waals surface area contributed by atoms with Crippen molar-refractivity contribution in [2.45, 2.75) is 37.5 Å². The maximum Gasteiger partial charge on any atom is 0.233 e. The number of amides is 1. The second kappa shape index (κ2) is 8.00. The molecule has 0 spiro atoms. The van der Waals surface area contributed by atoms with Gasteiger partial charge in [-0.1, -0.05) is 18.6 Å². The summed E-state index contributed by atoms with van der Waals surface area (Å²) in [5.41, 5.74) is 10.1. The molecule has 1 amide bonds. The van der Waals surface area contributed by atoms with E-state index in [2.05, 4.69) is 11.5 Å². The van der Waals surface area contributed by atoms with E-state index in [4.69, 9.17) is 11.6 Å². The van der Waals surface area contributed by atoms with Crippen LogP contribution in [0.2, 0.25) is 0 Å². The summed E-state index contributed by atoms with van der Waals surface area (Å²) in [4.78, 5) is 12.0. The number of aryl methyl sites for hydroxylation is 1. The van der Waals surface area contributed by atoms with Crippen LogP contribution in [0, 0.1) is 6.92 Å². The molecule has 0 radical (unpaired) electrons. The summed E-state index contributed by atoms with van der Waals surface area (Å²) in [6.07, 6.45) is 3.50. The Balaban J connectivity index is 2.18. The zero-order chi connectivity index (χ0) is 13.4. The van der Waals surface area contributed by atoms with Crippen LogP contribution in [-0.4, -0.2) is 11.7 Å². The third kappa shape index (κ3) is 4.98. The minimum atomic E-state index is -0.0921. The summed E-state index contributed by atoms with van der Waals surface area (Å²) in [5.74, 6) is 5.94. The molecule has 4 nitrogen and oxygen atoms in total. The predicted molar refractivity (Wildman–Crippen MR) is 77.1 cm³/mol. The number of para-hydroxylation sites is 1. The highest BCUT2D eigenvalue weighted by Crippen LogP contribution is 2.28. The van der Waals surface area contributed by atoms with Crippen molar-refractivity contribution in [3.63, 3.8) is 0 Å². The highest BCUT2D eigenvalue weighted by molar-refractivity contribution is 7.99. The van der Waals surface area contributed by atoms with E-state index in [1.807, 2.05) is 19.1 Å². The van der Waals surface area contributed by atoms with Gasteiger partial charge in [0.25, 0.3) is 0 Å². The number of hydrogen-bond donors (Lipinski definition) is 3. The van der Waals surface area contributed by atoms with Gasteiger partial charge in [-0.05, 0) is 37.1 Å². The minimum absolute atomic E-state index is 0.0921. The Kier molecular flexibility index (Phi) is 6.60. The molecule has 0 saturated heterocycles. The van der Waals surface area contributed by atoms with Crippen molar-refractivity contribution in [1.82, 2.24) is 5.43 Å². The molecular weight excluding hydrogens is 246 g/mol. The molecule has 0 atom stereocenters. The van der Waals surface area contributed by atoms with Crippen LogP contribution in [0.5, 0.6) is 0 Å². The van der Waals surface area contributed by atoms with E-state index in [-0.39, 0.29) is 5.91 Å². The molecule has 0 aliphatic heterocycles. The van der Waals surface area contributed by atoms with Gasteiger partial charge in [0.1, 0.15) is 0 Å². The zero-order valence-corrected chi connectivity index (χ0v) is 11.6. The average Bonchev–Trinajstić information content (AvgIpc) is 2.38. The SMILES string of the molecule is Cc1cccc(SCCCCCC(=O)NN)c1N. The quantitative estimate of drug-likeness (QED) is 0.177. The molecule has 0 saturated carbocycles.